The van der Waals surface area contributed by atoms with Gasteiger partial charge in [0.1, 0.15) is 0 Å². The molecular weight excluding hydrogens is 192 g/mol. The lowest BCUT2D eigenvalue weighted by Crippen LogP contribution is -2.24. The van der Waals surface area contributed by atoms with Crippen LogP contribution < -0.4 is 0 Å². The van der Waals surface area contributed by atoms with Crippen LogP contribution in [0.1, 0.15) is 37.6 Å². The summed E-state index contributed by atoms with van der Waals surface area (Å²) in [5.74, 6) is -0.913. The van der Waals surface area contributed by atoms with Gasteiger partial charge in [-0.05, 0) is 32.3 Å². The van der Waals surface area contributed by atoms with Crippen molar-refractivity contribution in [1.82, 2.24) is 9.78 Å². The van der Waals surface area contributed by atoms with Crippen LogP contribution in [0.15, 0.2) is 6.20 Å². The highest BCUT2D eigenvalue weighted by Crippen LogP contribution is 2.27. The first-order valence-electron chi connectivity index (χ1n) is 5.37. The summed E-state index contributed by atoms with van der Waals surface area (Å²) in [5.41, 5.74) is 2.34. The van der Waals surface area contributed by atoms with E-state index in [4.69, 9.17) is 5.11 Å². The van der Waals surface area contributed by atoms with Crippen LogP contribution in [0.2, 0.25) is 0 Å². The molecule has 0 radical (unpaired) electrons. The van der Waals surface area contributed by atoms with Crippen molar-refractivity contribution in [3.63, 3.8) is 0 Å². The molecular formula is C11H16N2O2. The quantitative estimate of drug-likeness (QED) is 0.804. The Morgan fingerprint density at radius 1 is 1.67 bits per heavy atom. The van der Waals surface area contributed by atoms with Gasteiger partial charge in [0.2, 0.25) is 0 Å². The van der Waals surface area contributed by atoms with Crippen LogP contribution in [0.25, 0.3) is 0 Å². The van der Waals surface area contributed by atoms with E-state index in [1.165, 1.54) is 5.56 Å². The highest BCUT2D eigenvalue weighted by molar-refractivity contribution is 5.70. The van der Waals surface area contributed by atoms with Crippen LogP contribution >= 0.6 is 0 Å². The number of fused-ring (bicyclic) bond motifs is 1. The fraction of sp³-hybridized carbons (Fsp3) is 0.636. The van der Waals surface area contributed by atoms with Crippen LogP contribution in [-0.4, -0.2) is 20.9 Å². The Balaban J connectivity index is 2.30. The van der Waals surface area contributed by atoms with Crippen molar-refractivity contribution in [3.05, 3.63) is 17.5 Å². The minimum atomic E-state index is -0.683. The standard InChI is InChI=1S/C11H16N2O2/c1-7(2)13-10-5-8(11(14)15)3-4-9(10)6-12-13/h6-8H,3-5H2,1-2H3,(H,14,15). The molecule has 15 heavy (non-hydrogen) atoms. The molecule has 2 rings (SSSR count). The average molecular weight is 208 g/mol. The lowest BCUT2D eigenvalue weighted by atomic mass is 9.88. The largest absolute Gasteiger partial charge is 0.481 e. The van der Waals surface area contributed by atoms with Crippen molar-refractivity contribution < 1.29 is 9.90 Å². The number of hydrogen-bond acceptors (Lipinski definition) is 2. The maximum atomic E-state index is 10.9. The number of carbonyl (C=O) groups is 1. The van der Waals surface area contributed by atoms with Gasteiger partial charge in [-0.2, -0.15) is 5.10 Å². The summed E-state index contributed by atoms with van der Waals surface area (Å²) < 4.78 is 1.95. The lowest BCUT2D eigenvalue weighted by molar-refractivity contribution is -0.142. The molecule has 82 valence electrons. The first-order valence-corrected chi connectivity index (χ1v) is 5.37. The summed E-state index contributed by atoms with van der Waals surface area (Å²) in [6.07, 6.45) is 4.10. The fourth-order valence-electron chi connectivity index (χ4n) is 2.18. The number of aromatic nitrogens is 2. The molecule has 1 aromatic heterocycles. The zero-order valence-electron chi connectivity index (χ0n) is 9.10. The molecule has 1 N–H and O–H groups in total. The zero-order valence-corrected chi connectivity index (χ0v) is 9.10. The van der Waals surface area contributed by atoms with E-state index < -0.39 is 5.97 Å². The van der Waals surface area contributed by atoms with Crippen molar-refractivity contribution in [1.29, 1.82) is 0 Å². The molecule has 0 fully saturated rings. The van der Waals surface area contributed by atoms with Gasteiger partial charge in [-0.1, -0.05) is 0 Å². The van der Waals surface area contributed by atoms with E-state index in [9.17, 15) is 4.79 Å². The monoisotopic (exact) mass is 208 g/mol. The van der Waals surface area contributed by atoms with Crippen LogP contribution in [0.5, 0.6) is 0 Å². The Bertz CT molecular complexity index is 382. The van der Waals surface area contributed by atoms with Gasteiger partial charge in [0.15, 0.2) is 0 Å². The van der Waals surface area contributed by atoms with Crippen LogP contribution in [0, 0.1) is 5.92 Å². The second-order valence-corrected chi connectivity index (χ2v) is 4.43. The Morgan fingerprint density at radius 2 is 2.40 bits per heavy atom. The van der Waals surface area contributed by atoms with Gasteiger partial charge in [0, 0.05) is 18.2 Å². The van der Waals surface area contributed by atoms with E-state index in [2.05, 4.69) is 18.9 Å². The minimum absolute atomic E-state index is 0.230. The van der Waals surface area contributed by atoms with Gasteiger partial charge in [0.05, 0.1) is 12.1 Å². The van der Waals surface area contributed by atoms with E-state index in [1.54, 1.807) is 0 Å². The third-order valence-corrected chi connectivity index (χ3v) is 3.03. The second kappa shape index (κ2) is 3.68. The van der Waals surface area contributed by atoms with E-state index in [-0.39, 0.29) is 5.92 Å². The van der Waals surface area contributed by atoms with Crippen molar-refractivity contribution in [2.45, 2.75) is 39.2 Å². The number of nitrogens with zero attached hydrogens (tertiary/aromatic N) is 2. The van der Waals surface area contributed by atoms with Gasteiger partial charge in [-0.15, -0.1) is 0 Å². The first kappa shape index (κ1) is 10.2. The molecule has 1 heterocycles. The molecule has 4 nitrogen and oxygen atoms in total. The molecule has 1 aliphatic carbocycles. The lowest BCUT2D eigenvalue weighted by Gasteiger charge is -2.21. The second-order valence-electron chi connectivity index (χ2n) is 4.43. The average Bonchev–Trinajstić information content (AvgIpc) is 2.59. The maximum Gasteiger partial charge on any atom is 0.306 e. The van der Waals surface area contributed by atoms with Crippen molar-refractivity contribution in [2.24, 2.45) is 5.92 Å². The third-order valence-electron chi connectivity index (χ3n) is 3.03. The highest BCUT2D eigenvalue weighted by atomic mass is 16.4. The minimum Gasteiger partial charge on any atom is -0.481 e. The van der Waals surface area contributed by atoms with Crippen LogP contribution in [0.4, 0.5) is 0 Å². The topological polar surface area (TPSA) is 55.1 Å². The normalized spacial score (nSPS) is 20.3. The smallest absolute Gasteiger partial charge is 0.306 e. The molecule has 4 heteroatoms. The van der Waals surface area contributed by atoms with Gasteiger partial charge in [-0.25, -0.2) is 0 Å². The molecule has 0 aromatic carbocycles. The fourth-order valence-corrected chi connectivity index (χ4v) is 2.18. The number of aliphatic carboxylic acids is 1. The number of rotatable bonds is 2. The summed E-state index contributed by atoms with van der Waals surface area (Å²) in [5, 5.41) is 13.3. The molecule has 0 spiro atoms. The van der Waals surface area contributed by atoms with E-state index in [1.807, 2.05) is 10.9 Å². The molecule has 1 aliphatic rings. The summed E-state index contributed by atoms with van der Waals surface area (Å²) in [4.78, 5) is 10.9. The van der Waals surface area contributed by atoms with Crippen LogP contribution in [0.3, 0.4) is 0 Å². The number of aryl methyl sites for hydroxylation is 1. The molecule has 0 aliphatic heterocycles. The Kier molecular flexibility index (Phi) is 2.50. The zero-order chi connectivity index (χ0) is 11.0. The van der Waals surface area contributed by atoms with Crippen LogP contribution in [-0.2, 0) is 17.6 Å². The van der Waals surface area contributed by atoms with Gasteiger partial charge in [0.25, 0.3) is 0 Å². The molecule has 1 atom stereocenters. The van der Waals surface area contributed by atoms with E-state index >= 15 is 0 Å². The van der Waals surface area contributed by atoms with Gasteiger partial charge < -0.3 is 5.11 Å². The van der Waals surface area contributed by atoms with Gasteiger partial charge >= 0.3 is 5.97 Å². The SMILES string of the molecule is CC(C)n1ncc2c1CC(C(=O)O)CC2. The molecule has 0 amide bonds. The van der Waals surface area contributed by atoms with E-state index in [0.29, 0.717) is 12.5 Å². The molecule has 1 aromatic rings. The van der Waals surface area contributed by atoms with E-state index in [0.717, 1.165) is 18.5 Å². The van der Waals surface area contributed by atoms with Crippen molar-refractivity contribution >= 4 is 5.97 Å². The van der Waals surface area contributed by atoms with Gasteiger partial charge in [-0.3, -0.25) is 9.48 Å². The summed E-state index contributed by atoms with van der Waals surface area (Å²) >= 11 is 0. The number of hydrogen-bond donors (Lipinski definition) is 1. The Labute approximate surface area is 88.9 Å². The Morgan fingerprint density at radius 3 is 3.00 bits per heavy atom. The maximum absolute atomic E-state index is 10.9. The Hall–Kier alpha value is -1.32. The predicted molar refractivity (Wildman–Crippen MR) is 55.8 cm³/mol. The third kappa shape index (κ3) is 1.76. The predicted octanol–water partition coefficient (Wildman–Crippen LogP) is 1.65. The molecule has 1 unspecified atom stereocenters. The first-order chi connectivity index (χ1) is 7.09. The number of carboxylic acid groups (broad SMARTS) is 1. The van der Waals surface area contributed by atoms with Crippen molar-refractivity contribution in [3.8, 4) is 0 Å². The number of carboxylic acids is 1. The molecule has 0 saturated heterocycles. The summed E-state index contributed by atoms with van der Waals surface area (Å²) in [6, 6.07) is 0.307. The summed E-state index contributed by atoms with van der Waals surface area (Å²) in [7, 11) is 0. The highest BCUT2D eigenvalue weighted by Gasteiger charge is 2.27. The molecule has 0 bridgehead atoms. The van der Waals surface area contributed by atoms with Crippen molar-refractivity contribution in [2.75, 3.05) is 0 Å². The molecule has 0 saturated carbocycles. The summed E-state index contributed by atoms with van der Waals surface area (Å²) in [6.45, 7) is 4.13.